The summed E-state index contributed by atoms with van der Waals surface area (Å²) in [6.07, 6.45) is 0.870. The number of ketones is 1. The molecule has 1 radical (unpaired) electrons. The summed E-state index contributed by atoms with van der Waals surface area (Å²) < 4.78 is 0. The largest absolute Gasteiger partial charge is 0.299 e. The normalized spacial score (nSPS) is 11.5. The van der Waals surface area contributed by atoms with Gasteiger partial charge in [0.05, 0.1) is 0 Å². The topological polar surface area (TPSA) is 17.1 Å². The summed E-state index contributed by atoms with van der Waals surface area (Å²) in [7, 11) is 0. The van der Waals surface area contributed by atoms with E-state index in [0.29, 0.717) is 0 Å². The van der Waals surface area contributed by atoms with Gasteiger partial charge in [-0.25, -0.2) is 0 Å². The van der Waals surface area contributed by atoms with Crippen LogP contribution in [0.15, 0.2) is 0 Å². The highest BCUT2D eigenvalue weighted by atomic mass is 16.1. The minimum atomic E-state index is -0.208. The molecule has 0 amide bonds. The van der Waals surface area contributed by atoms with E-state index in [4.69, 9.17) is 0 Å². The summed E-state index contributed by atoms with van der Waals surface area (Å²) in [5, 5.41) is 0. The first-order valence-corrected chi connectivity index (χ1v) is 2.87. The third-order valence-electron chi connectivity index (χ3n) is 1.64. The summed E-state index contributed by atoms with van der Waals surface area (Å²) >= 11 is 0. The number of hydrogen-bond acceptors (Lipinski definition) is 1. The Bertz CT molecular complexity index is 92.6. The van der Waals surface area contributed by atoms with E-state index in [-0.39, 0.29) is 11.2 Å². The third kappa shape index (κ3) is 1.65. The first-order chi connectivity index (χ1) is 3.50. The molecule has 0 spiro atoms. The Kier molecular flexibility index (Phi) is 2.20. The molecule has 0 aliphatic carbocycles. The van der Waals surface area contributed by atoms with Crippen LogP contribution in [0.4, 0.5) is 0 Å². The second-order valence-electron chi connectivity index (χ2n) is 2.66. The van der Waals surface area contributed by atoms with Crippen molar-refractivity contribution in [2.75, 3.05) is 0 Å². The molecular weight excluding hydrogens is 100 g/mol. The highest BCUT2D eigenvalue weighted by molar-refractivity contribution is 5.87. The highest BCUT2D eigenvalue weighted by Crippen LogP contribution is 2.19. The van der Waals surface area contributed by atoms with Gasteiger partial charge in [-0.2, -0.15) is 0 Å². The molecule has 0 aromatic heterocycles. The Hall–Kier alpha value is -0.330. The fraction of sp³-hybridized carbons (Fsp3) is 0.714. The molecule has 0 atom stereocenters. The van der Waals surface area contributed by atoms with Crippen LogP contribution in [0.2, 0.25) is 0 Å². The number of Topliss-reactive ketones (excluding diaryl/α,β-unsaturated/α-hetero) is 1. The molecule has 0 unspecified atom stereocenters. The molecule has 0 aliphatic heterocycles. The Morgan fingerprint density at radius 2 is 2.00 bits per heavy atom. The SMILES string of the molecule is [CH2]C(=O)C(C)(C)CC. The van der Waals surface area contributed by atoms with E-state index in [0.717, 1.165) is 6.42 Å². The zero-order valence-corrected chi connectivity index (χ0v) is 5.82. The van der Waals surface area contributed by atoms with Gasteiger partial charge in [0, 0.05) is 12.3 Å². The molecule has 1 nitrogen and oxygen atoms in total. The molecule has 0 saturated carbocycles. The zero-order valence-electron chi connectivity index (χ0n) is 5.82. The smallest absolute Gasteiger partial charge is 0.138 e. The van der Waals surface area contributed by atoms with E-state index >= 15 is 0 Å². The first kappa shape index (κ1) is 7.67. The van der Waals surface area contributed by atoms with Gasteiger partial charge < -0.3 is 0 Å². The van der Waals surface area contributed by atoms with E-state index in [2.05, 4.69) is 6.92 Å². The van der Waals surface area contributed by atoms with Gasteiger partial charge in [0.2, 0.25) is 0 Å². The summed E-state index contributed by atoms with van der Waals surface area (Å²) in [6.45, 7) is 9.14. The fourth-order valence-electron chi connectivity index (χ4n) is 0.197. The van der Waals surface area contributed by atoms with E-state index < -0.39 is 0 Å². The quantitative estimate of drug-likeness (QED) is 0.534. The van der Waals surface area contributed by atoms with Crippen molar-refractivity contribution in [3.05, 3.63) is 6.92 Å². The molecule has 0 N–H and O–H groups in total. The molecule has 0 fully saturated rings. The summed E-state index contributed by atoms with van der Waals surface area (Å²) in [6, 6.07) is 0. The summed E-state index contributed by atoms with van der Waals surface area (Å²) in [5.74, 6) is 0.0278. The van der Waals surface area contributed by atoms with E-state index in [1.165, 1.54) is 0 Å². The average molecular weight is 113 g/mol. The number of rotatable bonds is 2. The molecule has 1 heteroatoms. The number of carbonyl (C=O) groups is 1. The van der Waals surface area contributed by atoms with Gasteiger partial charge in [-0.3, -0.25) is 4.79 Å². The lowest BCUT2D eigenvalue weighted by Crippen LogP contribution is -2.19. The molecule has 0 heterocycles. The number of carbonyl (C=O) groups excluding carboxylic acids is 1. The van der Waals surface area contributed by atoms with Gasteiger partial charge in [-0.1, -0.05) is 20.8 Å². The second-order valence-corrected chi connectivity index (χ2v) is 2.66. The van der Waals surface area contributed by atoms with Crippen molar-refractivity contribution in [3.63, 3.8) is 0 Å². The molecule has 0 bridgehead atoms. The summed E-state index contributed by atoms with van der Waals surface area (Å²) in [4.78, 5) is 10.6. The second kappa shape index (κ2) is 2.29. The van der Waals surface area contributed by atoms with Crippen LogP contribution in [-0.4, -0.2) is 5.78 Å². The van der Waals surface area contributed by atoms with Crippen molar-refractivity contribution < 1.29 is 4.79 Å². The lowest BCUT2D eigenvalue weighted by atomic mass is 9.86. The van der Waals surface area contributed by atoms with Gasteiger partial charge in [-0.05, 0) is 6.42 Å². The van der Waals surface area contributed by atoms with Crippen molar-refractivity contribution in [1.29, 1.82) is 0 Å². The maximum absolute atomic E-state index is 10.6. The Balaban J connectivity index is 3.91. The lowest BCUT2D eigenvalue weighted by Gasteiger charge is -2.16. The highest BCUT2D eigenvalue weighted by Gasteiger charge is 2.19. The van der Waals surface area contributed by atoms with Crippen molar-refractivity contribution in [1.82, 2.24) is 0 Å². The van der Waals surface area contributed by atoms with Crippen LogP contribution in [-0.2, 0) is 4.79 Å². The molecule has 0 saturated heterocycles. The van der Waals surface area contributed by atoms with Gasteiger partial charge in [0.15, 0.2) is 0 Å². The van der Waals surface area contributed by atoms with Crippen molar-refractivity contribution in [3.8, 4) is 0 Å². The fourth-order valence-corrected chi connectivity index (χ4v) is 0.197. The van der Waals surface area contributed by atoms with Crippen LogP contribution in [0.5, 0.6) is 0 Å². The zero-order chi connectivity index (χ0) is 6.78. The van der Waals surface area contributed by atoms with Gasteiger partial charge in [0.25, 0.3) is 0 Å². The minimum absolute atomic E-state index is 0.0278. The Morgan fingerprint density at radius 3 is 2.00 bits per heavy atom. The lowest BCUT2D eigenvalue weighted by molar-refractivity contribution is -0.122. The summed E-state index contributed by atoms with van der Waals surface area (Å²) in [5.41, 5.74) is -0.208. The molecule has 0 rings (SSSR count). The predicted molar refractivity (Wildman–Crippen MR) is 34.4 cm³/mol. The van der Waals surface area contributed by atoms with Crippen molar-refractivity contribution >= 4 is 5.78 Å². The Labute approximate surface area is 51.1 Å². The molecule has 0 aromatic rings. The van der Waals surface area contributed by atoms with Crippen molar-refractivity contribution in [2.24, 2.45) is 5.41 Å². The molecule has 47 valence electrons. The van der Waals surface area contributed by atoms with E-state index in [9.17, 15) is 4.79 Å². The first-order valence-electron chi connectivity index (χ1n) is 2.87. The van der Waals surface area contributed by atoms with Gasteiger partial charge in [0.1, 0.15) is 5.78 Å². The van der Waals surface area contributed by atoms with E-state index in [1.54, 1.807) is 0 Å². The van der Waals surface area contributed by atoms with Gasteiger partial charge >= 0.3 is 0 Å². The van der Waals surface area contributed by atoms with Crippen LogP contribution in [0, 0.1) is 12.3 Å². The maximum Gasteiger partial charge on any atom is 0.138 e. The van der Waals surface area contributed by atoms with Crippen LogP contribution in [0.1, 0.15) is 27.2 Å². The third-order valence-corrected chi connectivity index (χ3v) is 1.64. The van der Waals surface area contributed by atoms with Crippen LogP contribution in [0.25, 0.3) is 0 Å². The maximum atomic E-state index is 10.6. The Morgan fingerprint density at radius 1 is 1.62 bits per heavy atom. The van der Waals surface area contributed by atoms with Crippen molar-refractivity contribution in [2.45, 2.75) is 27.2 Å². The van der Waals surface area contributed by atoms with E-state index in [1.807, 2.05) is 20.8 Å². The molecular formula is C7H13O. The van der Waals surface area contributed by atoms with Crippen LogP contribution < -0.4 is 0 Å². The minimum Gasteiger partial charge on any atom is -0.299 e. The molecule has 0 aliphatic rings. The number of hydrogen-bond donors (Lipinski definition) is 0. The average Bonchev–Trinajstić information content (AvgIpc) is 1.67. The monoisotopic (exact) mass is 113 g/mol. The van der Waals surface area contributed by atoms with Crippen LogP contribution in [0.3, 0.4) is 0 Å². The molecule has 8 heavy (non-hydrogen) atoms. The molecule has 0 aromatic carbocycles. The predicted octanol–water partition coefficient (Wildman–Crippen LogP) is 1.83. The standard InChI is InChI=1S/C7H13O/c1-5-7(3,4)6(2)8/h2,5H2,1,3-4H3. The van der Waals surface area contributed by atoms with Crippen LogP contribution >= 0.6 is 0 Å². The van der Waals surface area contributed by atoms with Gasteiger partial charge in [-0.15, -0.1) is 0 Å².